The van der Waals surface area contributed by atoms with Crippen molar-refractivity contribution in [1.82, 2.24) is 9.29 Å². The predicted molar refractivity (Wildman–Crippen MR) is 153 cm³/mol. The third kappa shape index (κ3) is 5.52. The summed E-state index contributed by atoms with van der Waals surface area (Å²) < 4.78 is 39.7. The van der Waals surface area contributed by atoms with Crippen molar-refractivity contribution in [2.75, 3.05) is 13.7 Å². The quantitative estimate of drug-likeness (QED) is 0.299. The summed E-state index contributed by atoms with van der Waals surface area (Å²) in [6.07, 6.45) is 1.44. The van der Waals surface area contributed by atoms with Crippen molar-refractivity contribution >= 4 is 26.9 Å². The molecule has 0 aliphatic carbocycles. The molecule has 0 fully saturated rings. The fourth-order valence-corrected chi connectivity index (χ4v) is 6.45. The molecule has 0 radical (unpaired) electrons. The Labute approximate surface area is 234 Å². The molecule has 0 spiro atoms. The molecule has 0 saturated carbocycles. The summed E-state index contributed by atoms with van der Waals surface area (Å²) in [5.41, 5.74) is 4.69. The second-order valence-electron chi connectivity index (χ2n) is 10.7. The highest BCUT2D eigenvalue weighted by Gasteiger charge is 2.31. The van der Waals surface area contributed by atoms with Crippen LogP contribution in [0.15, 0.2) is 71.6 Å². The summed E-state index contributed by atoms with van der Waals surface area (Å²) in [5.74, 6) is 0.119. The Hall–Kier alpha value is -3.95. The van der Waals surface area contributed by atoms with Crippen LogP contribution in [0.1, 0.15) is 37.1 Å². The van der Waals surface area contributed by atoms with Gasteiger partial charge < -0.3 is 14.6 Å². The Bertz CT molecular complexity index is 1700. The van der Waals surface area contributed by atoms with Crippen LogP contribution in [0.25, 0.3) is 22.0 Å². The van der Waals surface area contributed by atoms with Crippen molar-refractivity contribution in [2.45, 2.75) is 50.7 Å². The molecule has 0 saturated heterocycles. The van der Waals surface area contributed by atoms with E-state index in [9.17, 15) is 18.3 Å². The fourth-order valence-electron chi connectivity index (χ4n) is 5.02. The molecule has 5 rings (SSSR count). The summed E-state index contributed by atoms with van der Waals surface area (Å²) in [7, 11) is -2.47. The molecule has 1 aliphatic rings. The average Bonchev–Trinajstić information content (AvgIpc) is 2.91. The number of pyridine rings is 1. The van der Waals surface area contributed by atoms with Gasteiger partial charge in [0.25, 0.3) is 0 Å². The van der Waals surface area contributed by atoms with Gasteiger partial charge in [-0.25, -0.2) is 13.4 Å². The minimum Gasteiger partial charge on any atom is -0.494 e. The molecule has 1 aliphatic heterocycles. The van der Waals surface area contributed by atoms with E-state index < -0.39 is 22.5 Å². The summed E-state index contributed by atoms with van der Waals surface area (Å²) in [5, 5.41) is 10.5. The number of nitrogens with zero attached hydrogens (tertiary/aromatic N) is 2. The van der Waals surface area contributed by atoms with Crippen LogP contribution >= 0.6 is 0 Å². The van der Waals surface area contributed by atoms with E-state index in [2.05, 4.69) is 4.98 Å². The van der Waals surface area contributed by atoms with E-state index in [-0.39, 0.29) is 17.0 Å². The zero-order valence-corrected chi connectivity index (χ0v) is 23.8. The van der Waals surface area contributed by atoms with Crippen LogP contribution in [-0.2, 0) is 27.8 Å². The monoisotopic (exact) mass is 560 g/mol. The van der Waals surface area contributed by atoms with Crippen molar-refractivity contribution in [3.8, 4) is 22.6 Å². The lowest BCUT2D eigenvalue weighted by Crippen LogP contribution is -2.36. The van der Waals surface area contributed by atoms with Gasteiger partial charge in [-0.05, 0) is 92.3 Å². The summed E-state index contributed by atoms with van der Waals surface area (Å²) >= 11 is 0. The first kappa shape index (κ1) is 27.6. The van der Waals surface area contributed by atoms with Crippen LogP contribution in [0, 0.1) is 6.92 Å². The van der Waals surface area contributed by atoms with Crippen LogP contribution in [0.3, 0.4) is 0 Å². The molecule has 2 heterocycles. The van der Waals surface area contributed by atoms with Crippen LogP contribution in [0.5, 0.6) is 11.5 Å². The van der Waals surface area contributed by atoms with Crippen molar-refractivity contribution in [3.63, 3.8) is 0 Å². The number of rotatable bonds is 8. The van der Waals surface area contributed by atoms with Crippen molar-refractivity contribution in [3.05, 3.63) is 83.6 Å². The van der Waals surface area contributed by atoms with Gasteiger partial charge in [0.05, 0.1) is 12.0 Å². The predicted octanol–water partition coefficient (Wildman–Crippen LogP) is 5.60. The first-order valence-electron chi connectivity index (χ1n) is 13.0. The minimum absolute atomic E-state index is 0.0555. The lowest BCUT2D eigenvalue weighted by atomic mass is 9.94. The lowest BCUT2D eigenvalue weighted by Gasteiger charge is -2.33. The highest BCUT2D eigenvalue weighted by atomic mass is 32.2. The van der Waals surface area contributed by atoms with Gasteiger partial charge in [-0.15, -0.1) is 0 Å². The Morgan fingerprint density at radius 3 is 2.52 bits per heavy atom. The molecular formula is C31H32N2O6S. The molecule has 40 heavy (non-hydrogen) atoms. The number of hydrogen-bond acceptors (Lipinski definition) is 6. The van der Waals surface area contributed by atoms with Gasteiger partial charge in [-0.3, -0.25) is 4.79 Å². The van der Waals surface area contributed by atoms with Crippen molar-refractivity contribution < 1.29 is 27.8 Å². The molecule has 3 aromatic carbocycles. The highest BCUT2D eigenvalue weighted by Crippen LogP contribution is 2.36. The number of aryl methyl sites for hydroxylation is 2. The fraction of sp³-hybridized carbons (Fsp3) is 0.290. The summed E-state index contributed by atoms with van der Waals surface area (Å²) in [6, 6.07) is 20.0. The number of methoxy groups -OCH3 is 1. The van der Waals surface area contributed by atoms with Gasteiger partial charge in [0.15, 0.2) is 0 Å². The van der Waals surface area contributed by atoms with Crippen LogP contribution in [0.4, 0.5) is 0 Å². The molecule has 0 atom stereocenters. The first-order valence-corrected chi connectivity index (χ1v) is 14.5. The first-order chi connectivity index (χ1) is 19.0. The van der Waals surface area contributed by atoms with E-state index in [0.717, 1.165) is 44.0 Å². The number of aromatic nitrogens is 1. The third-order valence-electron chi connectivity index (χ3n) is 7.17. The smallest absolute Gasteiger partial charge is 0.318 e. The van der Waals surface area contributed by atoms with E-state index in [1.54, 1.807) is 19.2 Å². The second-order valence-corrected chi connectivity index (χ2v) is 12.6. The maximum atomic E-state index is 13.6. The van der Waals surface area contributed by atoms with Crippen LogP contribution < -0.4 is 9.47 Å². The van der Waals surface area contributed by atoms with Crippen molar-refractivity contribution in [1.29, 1.82) is 0 Å². The van der Waals surface area contributed by atoms with E-state index in [0.29, 0.717) is 23.5 Å². The lowest BCUT2D eigenvalue weighted by molar-refractivity contribution is -0.137. The normalized spacial score (nSPS) is 14.5. The maximum Gasteiger partial charge on any atom is 0.318 e. The van der Waals surface area contributed by atoms with E-state index >= 15 is 0 Å². The molecule has 208 valence electrons. The number of aliphatic carboxylic acids is 1. The molecule has 8 nitrogen and oxygen atoms in total. The van der Waals surface area contributed by atoms with Gasteiger partial charge in [0, 0.05) is 17.6 Å². The molecular weight excluding hydrogens is 528 g/mol. The summed E-state index contributed by atoms with van der Waals surface area (Å²) in [6.45, 7) is 5.18. The number of sulfonamides is 1. The van der Waals surface area contributed by atoms with Gasteiger partial charge in [0.2, 0.25) is 10.0 Å². The SMILES string of the molecule is COc1ccc(-c2ccc(CN(CC(=O)O)S(=O)(=O)c3ccc4c(c3)CCC(C)(C)O4)cc2)c2ccc(C)nc12. The average molecular weight is 561 g/mol. The van der Waals surface area contributed by atoms with Gasteiger partial charge >= 0.3 is 5.97 Å². The molecule has 0 amide bonds. The third-order valence-corrected chi connectivity index (χ3v) is 8.95. The molecule has 1 N–H and O–H groups in total. The number of carboxylic acid groups (broad SMARTS) is 1. The molecule has 4 aromatic rings. The topological polar surface area (TPSA) is 106 Å². The zero-order valence-electron chi connectivity index (χ0n) is 23.0. The largest absolute Gasteiger partial charge is 0.494 e. The van der Waals surface area contributed by atoms with Gasteiger partial charge in [0.1, 0.15) is 29.2 Å². The van der Waals surface area contributed by atoms with Gasteiger partial charge in [-0.1, -0.05) is 30.3 Å². The number of hydrogen-bond donors (Lipinski definition) is 1. The number of benzene rings is 3. The Balaban J connectivity index is 1.44. The zero-order chi connectivity index (χ0) is 28.7. The van der Waals surface area contributed by atoms with E-state index in [1.165, 1.54) is 6.07 Å². The van der Waals surface area contributed by atoms with Crippen LogP contribution in [0.2, 0.25) is 0 Å². The summed E-state index contributed by atoms with van der Waals surface area (Å²) in [4.78, 5) is 16.4. The molecule has 0 bridgehead atoms. The number of ether oxygens (including phenoxy) is 2. The van der Waals surface area contributed by atoms with Crippen molar-refractivity contribution in [2.24, 2.45) is 0 Å². The number of carbonyl (C=O) groups is 1. The Morgan fingerprint density at radius 2 is 1.82 bits per heavy atom. The molecule has 9 heteroatoms. The highest BCUT2D eigenvalue weighted by molar-refractivity contribution is 7.89. The second kappa shape index (κ2) is 10.6. The van der Waals surface area contributed by atoms with E-state index in [4.69, 9.17) is 9.47 Å². The molecule has 1 aromatic heterocycles. The number of fused-ring (bicyclic) bond motifs is 2. The standard InChI is InChI=1S/C31H32N2O6S/c1-20-5-11-26-25(12-14-28(38-4)30(26)32-20)22-8-6-21(7-9-22)18-33(19-29(34)35)40(36,37)24-10-13-27-23(17-24)15-16-31(2,3)39-27/h5-14,17H,15-16,18-19H2,1-4H3,(H,34,35). The number of carboxylic acids is 1. The molecule has 0 unspecified atom stereocenters. The van der Waals surface area contributed by atoms with Gasteiger partial charge in [-0.2, -0.15) is 4.31 Å². The van der Waals surface area contributed by atoms with Crippen LogP contribution in [-0.4, -0.2) is 48.0 Å². The maximum absolute atomic E-state index is 13.6. The van der Waals surface area contributed by atoms with E-state index in [1.807, 2.05) is 69.3 Å². The minimum atomic E-state index is -4.08. The Kier molecular flexibility index (Phi) is 7.29. The Morgan fingerprint density at radius 1 is 1.07 bits per heavy atom.